The van der Waals surface area contributed by atoms with Gasteiger partial charge in [-0.2, -0.15) is 0 Å². The van der Waals surface area contributed by atoms with Crippen molar-refractivity contribution in [2.24, 2.45) is 0 Å². The molecule has 0 atom stereocenters. The van der Waals surface area contributed by atoms with Crippen LogP contribution in [0.25, 0.3) is 0 Å². The molecular formula is C20H24N4O4. The van der Waals surface area contributed by atoms with Crippen LogP contribution in [0.3, 0.4) is 0 Å². The Hall–Kier alpha value is -3.39. The standard InChI is InChI=1S/C20H24N4O4/c1-3-24(13-18(25)21-16-9-11-17(28-2)12-10-16)14-19(26)22-23-20(27)15-7-5-4-6-8-15/h4-12H,3,13-14H2,1-2H3,(H,21,25)(H,22,26)(H,23,27). The molecule has 2 rings (SSSR count). The van der Waals surface area contributed by atoms with Crippen LogP contribution in [0.5, 0.6) is 5.75 Å². The Labute approximate surface area is 163 Å². The summed E-state index contributed by atoms with van der Waals surface area (Å²) in [6.45, 7) is 2.36. The van der Waals surface area contributed by atoms with E-state index in [1.165, 1.54) is 0 Å². The smallest absolute Gasteiger partial charge is 0.269 e. The number of carbonyl (C=O) groups is 3. The zero-order chi connectivity index (χ0) is 20.4. The Kier molecular flexibility index (Phi) is 7.98. The summed E-state index contributed by atoms with van der Waals surface area (Å²) < 4.78 is 5.07. The van der Waals surface area contributed by atoms with Gasteiger partial charge in [-0.05, 0) is 42.9 Å². The van der Waals surface area contributed by atoms with Gasteiger partial charge in [0.25, 0.3) is 11.8 Å². The zero-order valence-electron chi connectivity index (χ0n) is 15.9. The minimum Gasteiger partial charge on any atom is -0.497 e. The van der Waals surface area contributed by atoms with Crippen LogP contribution in [0.4, 0.5) is 5.69 Å². The molecule has 8 heteroatoms. The maximum absolute atomic E-state index is 12.2. The third-order valence-electron chi connectivity index (χ3n) is 3.91. The first kappa shape index (κ1) is 20.9. The predicted octanol–water partition coefficient (Wildman–Crippen LogP) is 1.42. The molecule has 0 aromatic heterocycles. The molecule has 0 heterocycles. The molecule has 0 bridgehead atoms. The van der Waals surface area contributed by atoms with Crippen molar-refractivity contribution in [3.05, 3.63) is 60.2 Å². The molecule has 3 amide bonds. The molecule has 2 aromatic carbocycles. The summed E-state index contributed by atoms with van der Waals surface area (Å²) in [6, 6.07) is 15.5. The highest BCUT2D eigenvalue weighted by Crippen LogP contribution is 2.14. The number of benzene rings is 2. The first-order valence-electron chi connectivity index (χ1n) is 8.82. The van der Waals surface area contributed by atoms with Crippen LogP contribution in [0, 0.1) is 0 Å². The molecule has 0 saturated heterocycles. The van der Waals surface area contributed by atoms with Gasteiger partial charge in [-0.1, -0.05) is 25.1 Å². The Balaban J connectivity index is 1.77. The lowest BCUT2D eigenvalue weighted by atomic mass is 10.2. The van der Waals surface area contributed by atoms with Crippen molar-refractivity contribution in [1.29, 1.82) is 0 Å². The summed E-state index contributed by atoms with van der Waals surface area (Å²) in [5.74, 6) is -0.367. The molecule has 0 saturated carbocycles. The lowest BCUT2D eigenvalue weighted by molar-refractivity contribution is -0.124. The molecule has 0 spiro atoms. The summed E-state index contributed by atoms with van der Waals surface area (Å²) in [5, 5.41) is 2.77. The Bertz CT molecular complexity index is 794. The summed E-state index contributed by atoms with van der Waals surface area (Å²) in [6.07, 6.45) is 0. The third-order valence-corrected chi connectivity index (χ3v) is 3.91. The second-order valence-corrected chi connectivity index (χ2v) is 5.95. The average molecular weight is 384 g/mol. The number of hydrazine groups is 1. The van der Waals surface area contributed by atoms with Gasteiger partial charge in [-0.25, -0.2) is 0 Å². The third kappa shape index (κ3) is 6.73. The first-order valence-corrected chi connectivity index (χ1v) is 8.82. The van der Waals surface area contributed by atoms with E-state index in [0.29, 0.717) is 23.5 Å². The van der Waals surface area contributed by atoms with Crippen molar-refractivity contribution >= 4 is 23.4 Å². The fraction of sp³-hybridized carbons (Fsp3) is 0.250. The second-order valence-electron chi connectivity index (χ2n) is 5.95. The Morgan fingerprint density at radius 1 is 0.893 bits per heavy atom. The number of nitrogens with zero attached hydrogens (tertiary/aromatic N) is 1. The van der Waals surface area contributed by atoms with Crippen LogP contribution in [-0.4, -0.2) is 49.4 Å². The van der Waals surface area contributed by atoms with Gasteiger partial charge in [0.1, 0.15) is 5.75 Å². The molecule has 0 radical (unpaired) electrons. The largest absolute Gasteiger partial charge is 0.497 e. The van der Waals surface area contributed by atoms with Crippen LogP contribution >= 0.6 is 0 Å². The lowest BCUT2D eigenvalue weighted by Crippen LogP contribution is -2.47. The molecule has 0 aliphatic heterocycles. The number of hydrogen-bond acceptors (Lipinski definition) is 5. The van der Waals surface area contributed by atoms with Crippen LogP contribution < -0.4 is 20.9 Å². The molecule has 0 unspecified atom stereocenters. The van der Waals surface area contributed by atoms with Crippen molar-refractivity contribution in [3.63, 3.8) is 0 Å². The maximum Gasteiger partial charge on any atom is 0.269 e. The Morgan fingerprint density at radius 3 is 2.14 bits per heavy atom. The van der Waals surface area contributed by atoms with Crippen molar-refractivity contribution in [2.45, 2.75) is 6.92 Å². The monoisotopic (exact) mass is 384 g/mol. The molecular weight excluding hydrogens is 360 g/mol. The lowest BCUT2D eigenvalue weighted by Gasteiger charge is -2.19. The average Bonchev–Trinajstić information content (AvgIpc) is 2.72. The topological polar surface area (TPSA) is 99.8 Å². The molecule has 2 aromatic rings. The van der Waals surface area contributed by atoms with Gasteiger partial charge in [0.05, 0.1) is 20.2 Å². The van der Waals surface area contributed by atoms with Crippen LogP contribution in [0.15, 0.2) is 54.6 Å². The summed E-state index contributed by atoms with van der Waals surface area (Å²) in [4.78, 5) is 37.8. The predicted molar refractivity (Wildman–Crippen MR) is 106 cm³/mol. The van der Waals surface area contributed by atoms with E-state index in [1.54, 1.807) is 66.6 Å². The van der Waals surface area contributed by atoms with Crippen LogP contribution in [-0.2, 0) is 9.59 Å². The van der Waals surface area contributed by atoms with E-state index in [0.717, 1.165) is 0 Å². The van der Waals surface area contributed by atoms with E-state index in [9.17, 15) is 14.4 Å². The quantitative estimate of drug-likeness (QED) is 0.598. The van der Waals surface area contributed by atoms with Gasteiger partial charge in [0, 0.05) is 11.3 Å². The highest BCUT2D eigenvalue weighted by atomic mass is 16.5. The van der Waals surface area contributed by atoms with E-state index in [4.69, 9.17) is 4.74 Å². The molecule has 0 fully saturated rings. The van der Waals surface area contributed by atoms with Gasteiger partial charge >= 0.3 is 0 Å². The number of nitrogens with one attached hydrogen (secondary N) is 3. The number of likely N-dealkylation sites (N-methyl/N-ethyl adjacent to an activating group) is 1. The fourth-order valence-electron chi connectivity index (χ4n) is 2.39. The summed E-state index contributed by atoms with van der Waals surface area (Å²) in [7, 11) is 1.57. The first-order chi connectivity index (χ1) is 13.5. The van der Waals surface area contributed by atoms with Crippen molar-refractivity contribution in [3.8, 4) is 5.75 Å². The number of amides is 3. The van der Waals surface area contributed by atoms with Gasteiger partial charge < -0.3 is 10.1 Å². The van der Waals surface area contributed by atoms with E-state index < -0.39 is 11.8 Å². The molecule has 3 N–H and O–H groups in total. The molecule has 0 aliphatic rings. The highest BCUT2D eigenvalue weighted by Gasteiger charge is 2.14. The van der Waals surface area contributed by atoms with E-state index >= 15 is 0 Å². The molecule has 28 heavy (non-hydrogen) atoms. The number of ether oxygens (including phenoxy) is 1. The van der Waals surface area contributed by atoms with E-state index in [-0.39, 0.29) is 19.0 Å². The number of hydrogen-bond donors (Lipinski definition) is 3. The molecule has 148 valence electrons. The number of methoxy groups -OCH3 is 1. The SMILES string of the molecule is CCN(CC(=O)NNC(=O)c1ccccc1)CC(=O)Nc1ccc(OC)cc1. The maximum atomic E-state index is 12.2. The fourth-order valence-corrected chi connectivity index (χ4v) is 2.39. The zero-order valence-corrected chi connectivity index (χ0v) is 15.9. The normalized spacial score (nSPS) is 10.2. The minimum absolute atomic E-state index is 0.0262. The van der Waals surface area contributed by atoms with E-state index in [1.807, 2.05) is 6.92 Å². The highest BCUT2D eigenvalue weighted by molar-refractivity contribution is 5.95. The van der Waals surface area contributed by atoms with Crippen molar-refractivity contribution in [2.75, 3.05) is 32.1 Å². The molecule has 0 aliphatic carbocycles. The van der Waals surface area contributed by atoms with Gasteiger partial charge in [-0.15, -0.1) is 0 Å². The van der Waals surface area contributed by atoms with E-state index in [2.05, 4.69) is 16.2 Å². The molecule has 8 nitrogen and oxygen atoms in total. The Morgan fingerprint density at radius 2 is 1.54 bits per heavy atom. The number of rotatable bonds is 8. The summed E-state index contributed by atoms with van der Waals surface area (Å²) in [5.41, 5.74) is 5.79. The number of carbonyl (C=O) groups excluding carboxylic acids is 3. The van der Waals surface area contributed by atoms with Gasteiger partial charge in [-0.3, -0.25) is 30.1 Å². The van der Waals surface area contributed by atoms with Gasteiger partial charge in [0.2, 0.25) is 5.91 Å². The summed E-state index contributed by atoms with van der Waals surface area (Å²) >= 11 is 0. The van der Waals surface area contributed by atoms with Crippen molar-refractivity contribution < 1.29 is 19.1 Å². The van der Waals surface area contributed by atoms with Crippen molar-refractivity contribution in [1.82, 2.24) is 15.8 Å². The van der Waals surface area contributed by atoms with Crippen LogP contribution in [0.1, 0.15) is 17.3 Å². The minimum atomic E-state index is -0.414. The van der Waals surface area contributed by atoms with Crippen LogP contribution in [0.2, 0.25) is 0 Å². The second kappa shape index (κ2) is 10.7. The number of anilines is 1. The van der Waals surface area contributed by atoms with Gasteiger partial charge in [0.15, 0.2) is 0 Å².